The zero-order chi connectivity index (χ0) is 55.4. The van der Waals surface area contributed by atoms with Crippen molar-refractivity contribution in [3.8, 4) is 0 Å². The van der Waals surface area contributed by atoms with Crippen molar-refractivity contribution in [3.63, 3.8) is 0 Å². The summed E-state index contributed by atoms with van der Waals surface area (Å²) in [6.07, 6.45) is 5.36. The van der Waals surface area contributed by atoms with Crippen LogP contribution in [0, 0.1) is 0 Å². The van der Waals surface area contributed by atoms with Crippen molar-refractivity contribution < 1.29 is 23.9 Å². The number of urea groups is 1. The Kier molecular flexibility index (Phi) is 24.6. The number of nitrogens with zero attached hydrogens (tertiary/aromatic N) is 3. The number of hydrogen-bond acceptors (Lipinski definition) is 14. The van der Waals surface area contributed by atoms with E-state index in [-0.39, 0.29) is 24.9 Å². The molecule has 13 N–H and O–H groups in total. The molecule has 5 aromatic rings. The number of methoxy groups -OCH3 is 1. The summed E-state index contributed by atoms with van der Waals surface area (Å²) < 4.78 is 4.69. The number of piperidine rings is 1. The number of ether oxygens (including phenoxy) is 1. The molecule has 2 fully saturated rings. The molecule has 18 heteroatoms. The van der Waals surface area contributed by atoms with Gasteiger partial charge in [-0.1, -0.05) is 105 Å². The van der Waals surface area contributed by atoms with Crippen LogP contribution in [-0.2, 0) is 51.8 Å². The molecule has 0 saturated carbocycles. The Balaban J connectivity index is 0.000000216. The Morgan fingerprint density at radius 3 is 1.64 bits per heavy atom. The number of hydrogen-bond donors (Lipinski definition) is 10. The van der Waals surface area contributed by atoms with Gasteiger partial charge in [0, 0.05) is 74.8 Å². The van der Waals surface area contributed by atoms with Crippen LogP contribution in [0.25, 0.3) is 0 Å². The lowest BCUT2D eigenvalue weighted by Crippen LogP contribution is -2.47. The first-order chi connectivity index (χ1) is 37.1. The van der Waals surface area contributed by atoms with Crippen LogP contribution in [0.15, 0.2) is 164 Å². The fourth-order valence-corrected chi connectivity index (χ4v) is 8.21. The maximum Gasteiger partial charge on any atom is 0.328 e. The number of likely N-dealkylation sites (tertiary alicyclic amines) is 2. The fraction of sp³-hybridized carbons (Fsp3) is 0.322. The average Bonchev–Trinajstić information content (AvgIpc) is 3.96. The van der Waals surface area contributed by atoms with E-state index in [1.54, 1.807) is 24.1 Å². The number of anilines is 4. The molecule has 0 bridgehead atoms. The lowest BCUT2D eigenvalue weighted by atomic mass is 10.1. The summed E-state index contributed by atoms with van der Waals surface area (Å²) in [5.74, 6) is 0.626. The Hall–Kier alpha value is -8.64. The Bertz CT molecular complexity index is 2660. The normalized spacial score (nSPS) is 13.6. The van der Waals surface area contributed by atoms with E-state index in [0.717, 1.165) is 64.8 Å². The molecule has 7 rings (SSSR count). The Labute approximate surface area is 454 Å². The van der Waals surface area contributed by atoms with Gasteiger partial charge >= 0.3 is 12.0 Å². The average molecular weight is 1050 g/mol. The highest BCUT2D eigenvalue weighted by molar-refractivity contribution is 5.94. The van der Waals surface area contributed by atoms with Gasteiger partial charge in [0.05, 0.1) is 38.4 Å². The van der Waals surface area contributed by atoms with Gasteiger partial charge < -0.3 is 69.0 Å². The highest BCUT2D eigenvalue weighted by Crippen LogP contribution is 2.19. The van der Waals surface area contributed by atoms with Crippen LogP contribution in [0.2, 0.25) is 0 Å². The molecule has 0 aromatic heterocycles. The number of likely N-dealkylation sites (N-methyl/N-ethyl adjacent to an activating group) is 1. The molecule has 0 spiro atoms. The lowest BCUT2D eigenvalue weighted by molar-refractivity contribution is -0.150. The minimum Gasteiger partial charge on any atom is -0.467 e. The third kappa shape index (κ3) is 22.0. The summed E-state index contributed by atoms with van der Waals surface area (Å²) in [7, 11) is 3.05. The summed E-state index contributed by atoms with van der Waals surface area (Å²) in [5.41, 5.74) is 26.7. The van der Waals surface area contributed by atoms with E-state index in [1.165, 1.54) is 55.5 Å². The summed E-state index contributed by atoms with van der Waals surface area (Å²) in [4.78, 5) is 53.3. The molecule has 0 unspecified atom stereocenters. The second-order valence-corrected chi connectivity index (χ2v) is 18.8. The molecule has 0 aliphatic carbocycles. The van der Waals surface area contributed by atoms with Gasteiger partial charge in [-0.2, -0.15) is 0 Å². The molecule has 18 nitrogen and oxygen atoms in total. The largest absolute Gasteiger partial charge is 0.467 e. The van der Waals surface area contributed by atoms with Gasteiger partial charge in [-0.25, -0.2) is 9.59 Å². The van der Waals surface area contributed by atoms with Crippen molar-refractivity contribution >= 4 is 46.6 Å². The summed E-state index contributed by atoms with van der Waals surface area (Å²) >= 11 is 0. The second-order valence-electron chi connectivity index (χ2n) is 18.8. The van der Waals surface area contributed by atoms with Crippen LogP contribution in [-0.4, -0.2) is 93.1 Å². The maximum absolute atomic E-state index is 12.2. The van der Waals surface area contributed by atoms with Crippen LogP contribution in [0.4, 0.5) is 27.5 Å². The monoisotopic (exact) mass is 1050 g/mol. The van der Waals surface area contributed by atoms with E-state index in [9.17, 15) is 19.2 Å². The fourth-order valence-electron chi connectivity index (χ4n) is 8.21. The van der Waals surface area contributed by atoms with Crippen molar-refractivity contribution in [2.24, 2.45) is 0 Å². The van der Waals surface area contributed by atoms with Crippen molar-refractivity contribution in [1.82, 2.24) is 47.0 Å². The first-order valence-corrected chi connectivity index (χ1v) is 25.9. The number of nitrogens with two attached hydrogens (primary N) is 3. The topological polar surface area (TPSA) is 249 Å². The van der Waals surface area contributed by atoms with E-state index >= 15 is 0 Å². The van der Waals surface area contributed by atoms with E-state index in [0.29, 0.717) is 50.7 Å². The van der Waals surface area contributed by atoms with Crippen molar-refractivity contribution in [2.45, 2.75) is 70.9 Å². The zero-order valence-corrected chi connectivity index (χ0v) is 44.8. The third-order valence-electron chi connectivity index (χ3n) is 12.7. The summed E-state index contributed by atoms with van der Waals surface area (Å²) in [5, 5.41) is 21.2. The second kappa shape index (κ2) is 31.9. The molecule has 5 aromatic carbocycles. The molecule has 2 saturated heterocycles. The van der Waals surface area contributed by atoms with Gasteiger partial charge in [0.1, 0.15) is 6.04 Å². The highest BCUT2D eigenvalue weighted by atomic mass is 16.5. The predicted octanol–water partition coefficient (Wildman–Crippen LogP) is 6.02. The minimum absolute atomic E-state index is 0.0355. The lowest BCUT2D eigenvalue weighted by Gasteiger charge is -2.26. The number of amides is 4. The summed E-state index contributed by atoms with van der Waals surface area (Å²) in [6, 6.07) is 39.9. The van der Waals surface area contributed by atoms with E-state index < -0.39 is 18.0 Å². The molecule has 410 valence electrons. The molecule has 1 atom stereocenters. The molecule has 2 aliphatic rings. The number of rotatable bonds is 23. The molecule has 2 aliphatic heterocycles. The number of benzene rings is 5. The van der Waals surface area contributed by atoms with Crippen molar-refractivity contribution in [3.05, 3.63) is 192 Å². The van der Waals surface area contributed by atoms with Gasteiger partial charge in [-0.05, 0) is 115 Å². The molecule has 2 heterocycles. The number of esters is 1. The maximum atomic E-state index is 12.2. The van der Waals surface area contributed by atoms with Crippen molar-refractivity contribution in [1.29, 1.82) is 0 Å². The van der Waals surface area contributed by atoms with Crippen LogP contribution in [0.5, 0.6) is 0 Å². The third-order valence-corrected chi connectivity index (χ3v) is 12.7. The molecular weight excluding hydrogens is 971 g/mol. The van der Waals surface area contributed by atoms with E-state index in [4.69, 9.17) is 21.9 Å². The number of para-hydroxylation sites is 1. The van der Waals surface area contributed by atoms with Gasteiger partial charge in [0.15, 0.2) is 0 Å². The summed E-state index contributed by atoms with van der Waals surface area (Å²) in [6.45, 7) is 19.1. The van der Waals surface area contributed by atoms with Gasteiger partial charge in [0.2, 0.25) is 11.8 Å². The standard InChI is InChI=1S/C25H35N5.C18H22N4O.C16H22N4O4/c1-20(16-28-21(2)29-17-22-9-11-25(26)12-10-22)27-18-23-7-6-8-24(15-23)19-30-13-4-3-5-14-30;1-14(20-12-15-8-10-16(19)11-9-15)21-13-18(23)22(2)17-6-4-3-5-7-17;1-24-15(22)13-3-2-8-20(13)14(21)10-19-16(23)18-9-11-4-6-12(17)7-5-11/h6-12,15,27-29H,1-5,13-14,16-19,26H2;3-11,20-21H,1,12-13,19H2,2H3;4-7,13H,2-3,8-10,17H2,1H3,(H2,18,19,23)/t;;13-/m..1/s1. The van der Waals surface area contributed by atoms with Crippen LogP contribution < -0.4 is 59.3 Å². The van der Waals surface area contributed by atoms with Crippen molar-refractivity contribution in [2.75, 3.05) is 75.5 Å². The smallest absolute Gasteiger partial charge is 0.328 e. The predicted molar refractivity (Wildman–Crippen MR) is 309 cm³/mol. The number of carbonyl (C=O) groups excluding carboxylic acids is 4. The Morgan fingerprint density at radius 2 is 1.08 bits per heavy atom. The first-order valence-electron chi connectivity index (χ1n) is 25.9. The van der Waals surface area contributed by atoms with Crippen LogP contribution in [0.3, 0.4) is 0 Å². The van der Waals surface area contributed by atoms with E-state index in [1.807, 2.05) is 91.0 Å². The molecule has 4 amide bonds. The number of nitrogens with one attached hydrogen (secondary N) is 7. The number of carbonyl (C=O) groups is 4. The SMILES string of the molecule is C=C(CNC(=C)NCc1ccc(N)cc1)NCc1cccc(CN2CCCCC2)c1.C=C(NCC(=O)N(C)c1ccccc1)NCc1ccc(N)cc1.COC(=O)[C@H]1CCCN1C(=O)CNC(=O)NCc1ccc(N)cc1. The highest BCUT2D eigenvalue weighted by Gasteiger charge is 2.34. The van der Waals surface area contributed by atoms with E-state index in [2.05, 4.69) is 86.1 Å². The van der Waals surface area contributed by atoms with Gasteiger partial charge in [-0.3, -0.25) is 14.5 Å². The van der Waals surface area contributed by atoms with Crippen LogP contribution >= 0.6 is 0 Å². The molecular formula is C59H79N13O5. The zero-order valence-electron chi connectivity index (χ0n) is 44.8. The first kappa shape index (κ1) is 59.2. The quantitative estimate of drug-likeness (QED) is 0.0266. The van der Waals surface area contributed by atoms with Crippen LogP contribution in [0.1, 0.15) is 59.9 Å². The minimum atomic E-state index is -0.554. The Morgan fingerprint density at radius 1 is 0.558 bits per heavy atom. The molecule has 0 radical (unpaired) electrons. The van der Waals surface area contributed by atoms with Gasteiger partial charge in [0.25, 0.3) is 0 Å². The molecule has 77 heavy (non-hydrogen) atoms. The number of nitrogen functional groups attached to an aromatic ring is 3. The van der Waals surface area contributed by atoms with Gasteiger partial charge in [-0.15, -0.1) is 0 Å².